The van der Waals surface area contributed by atoms with Crippen LogP contribution >= 0.6 is 0 Å². The fraction of sp³-hybridized carbons (Fsp3) is 0.200. The second-order valence-corrected chi connectivity index (χ2v) is 8.37. The Balaban J connectivity index is 0.000000182. The molecule has 0 heterocycles. The topological polar surface area (TPSA) is 18.5 Å². The van der Waals surface area contributed by atoms with Gasteiger partial charge < -0.3 is 9.47 Å². The maximum Gasteiger partial charge on any atom is 0.127 e. The molecule has 164 valence electrons. The molecule has 0 saturated carbocycles. The molecule has 0 aromatic heterocycles. The summed E-state index contributed by atoms with van der Waals surface area (Å²) in [4.78, 5) is 0. The molecule has 0 amide bonds. The highest BCUT2D eigenvalue weighted by atomic mass is 16.5. The van der Waals surface area contributed by atoms with Crippen molar-refractivity contribution in [2.24, 2.45) is 0 Å². The van der Waals surface area contributed by atoms with E-state index in [4.69, 9.17) is 9.47 Å². The summed E-state index contributed by atoms with van der Waals surface area (Å²) in [5.74, 6) is 4.09. The van der Waals surface area contributed by atoms with Crippen LogP contribution in [0.2, 0.25) is 0 Å². The van der Waals surface area contributed by atoms with Crippen molar-refractivity contribution in [2.75, 3.05) is 0 Å². The monoisotopic (exact) mass is 424 g/mol. The first-order valence-corrected chi connectivity index (χ1v) is 11.0. The molecular formula is C30H32O2. The third kappa shape index (κ3) is 7.31. The zero-order valence-corrected chi connectivity index (χ0v) is 19.6. The lowest BCUT2D eigenvalue weighted by Gasteiger charge is -2.08. The highest BCUT2D eigenvalue weighted by Crippen LogP contribution is 2.24. The van der Waals surface area contributed by atoms with Crippen LogP contribution in [0.15, 0.2) is 97.1 Å². The molecule has 0 radical (unpaired) electrons. The molecule has 2 heteroatoms. The third-order valence-corrected chi connectivity index (χ3v) is 5.08. The van der Waals surface area contributed by atoms with E-state index in [1.807, 2.05) is 72.8 Å². The standard InChI is InChI=1S/C16H18O.C14H14O/c1-12(2)14-6-10-16(11-7-14)17-15-8-4-13(3)5-9-15;1-11-3-7-13(8-4-11)15-14-9-5-12(2)6-10-14/h4-12H,1-3H3;3-10H,1-2H3. The van der Waals surface area contributed by atoms with Gasteiger partial charge in [-0.05, 0) is 80.8 Å². The minimum Gasteiger partial charge on any atom is -0.457 e. The number of hydrogen-bond donors (Lipinski definition) is 0. The van der Waals surface area contributed by atoms with Crippen molar-refractivity contribution in [2.45, 2.75) is 40.5 Å². The van der Waals surface area contributed by atoms with Crippen molar-refractivity contribution in [3.05, 3.63) is 119 Å². The fourth-order valence-corrected chi connectivity index (χ4v) is 3.01. The van der Waals surface area contributed by atoms with Gasteiger partial charge >= 0.3 is 0 Å². The summed E-state index contributed by atoms with van der Waals surface area (Å²) in [5, 5.41) is 0. The summed E-state index contributed by atoms with van der Waals surface area (Å²) in [7, 11) is 0. The van der Waals surface area contributed by atoms with Gasteiger partial charge in [0, 0.05) is 0 Å². The molecule has 0 bridgehead atoms. The van der Waals surface area contributed by atoms with E-state index in [2.05, 4.69) is 58.9 Å². The van der Waals surface area contributed by atoms with Crippen LogP contribution in [-0.2, 0) is 0 Å². The Bertz CT molecular complexity index is 1030. The third-order valence-electron chi connectivity index (χ3n) is 5.08. The van der Waals surface area contributed by atoms with Crippen molar-refractivity contribution in [1.29, 1.82) is 0 Å². The largest absolute Gasteiger partial charge is 0.457 e. The lowest BCUT2D eigenvalue weighted by molar-refractivity contribution is 0.482. The van der Waals surface area contributed by atoms with Crippen molar-refractivity contribution in [3.8, 4) is 23.0 Å². The molecule has 4 aromatic rings. The number of aryl methyl sites for hydroxylation is 3. The van der Waals surface area contributed by atoms with Gasteiger partial charge in [-0.1, -0.05) is 79.1 Å². The Kier molecular flexibility index (Phi) is 8.10. The molecule has 0 N–H and O–H groups in total. The molecule has 2 nitrogen and oxygen atoms in total. The van der Waals surface area contributed by atoms with Gasteiger partial charge in [0.2, 0.25) is 0 Å². The first kappa shape index (κ1) is 23.1. The van der Waals surface area contributed by atoms with Crippen LogP contribution in [-0.4, -0.2) is 0 Å². The van der Waals surface area contributed by atoms with E-state index in [1.54, 1.807) is 0 Å². The predicted octanol–water partition coefficient (Wildman–Crippen LogP) is 9.01. The van der Waals surface area contributed by atoms with Gasteiger partial charge in [-0.15, -0.1) is 0 Å². The van der Waals surface area contributed by atoms with Gasteiger partial charge in [-0.2, -0.15) is 0 Å². The van der Waals surface area contributed by atoms with E-state index in [0.29, 0.717) is 5.92 Å². The molecule has 32 heavy (non-hydrogen) atoms. The van der Waals surface area contributed by atoms with E-state index < -0.39 is 0 Å². The molecule has 0 spiro atoms. The van der Waals surface area contributed by atoms with Crippen LogP contribution in [0.5, 0.6) is 23.0 Å². The van der Waals surface area contributed by atoms with E-state index in [0.717, 1.165) is 23.0 Å². The van der Waals surface area contributed by atoms with Crippen molar-refractivity contribution < 1.29 is 9.47 Å². The van der Waals surface area contributed by atoms with Gasteiger partial charge in [0.05, 0.1) is 0 Å². The van der Waals surface area contributed by atoms with Crippen LogP contribution in [0.3, 0.4) is 0 Å². The van der Waals surface area contributed by atoms with Gasteiger partial charge in [0.1, 0.15) is 23.0 Å². The Labute approximate surface area is 192 Å². The number of benzene rings is 4. The average Bonchev–Trinajstić information content (AvgIpc) is 2.79. The molecule has 0 unspecified atom stereocenters. The average molecular weight is 425 g/mol. The summed E-state index contributed by atoms with van der Waals surface area (Å²) in [6.07, 6.45) is 0. The number of hydrogen-bond acceptors (Lipinski definition) is 2. The highest BCUT2D eigenvalue weighted by molar-refractivity contribution is 5.35. The van der Waals surface area contributed by atoms with E-state index in [-0.39, 0.29) is 0 Å². The zero-order valence-electron chi connectivity index (χ0n) is 19.6. The fourth-order valence-electron chi connectivity index (χ4n) is 3.01. The molecule has 0 aliphatic rings. The SMILES string of the molecule is Cc1ccc(Oc2ccc(C(C)C)cc2)cc1.Cc1ccc(Oc2ccc(C)cc2)cc1. The molecule has 4 rings (SSSR count). The minimum atomic E-state index is 0.559. The van der Waals surface area contributed by atoms with Gasteiger partial charge in [-0.25, -0.2) is 0 Å². The molecule has 0 aliphatic carbocycles. The summed E-state index contributed by atoms with van der Waals surface area (Å²) < 4.78 is 11.5. The second-order valence-electron chi connectivity index (χ2n) is 8.37. The first-order chi connectivity index (χ1) is 15.4. The van der Waals surface area contributed by atoms with Crippen molar-refractivity contribution in [3.63, 3.8) is 0 Å². The lowest BCUT2D eigenvalue weighted by Crippen LogP contribution is -1.88. The van der Waals surface area contributed by atoms with Gasteiger partial charge in [0.25, 0.3) is 0 Å². The van der Waals surface area contributed by atoms with Gasteiger partial charge in [0.15, 0.2) is 0 Å². The van der Waals surface area contributed by atoms with E-state index in [9.17, 15) is 0 Å². The van der Waals surface area contributed by atoms with Crippen molar-refractivity contribution >= 4 is 0 Å². The van der Waals surface area contributed by atoms with Gasteiger partial charge in [-0.3, -0.25) is 0 Å². The summed E-state index contributed by atoms with van der Waals surface area (Å²) >= 11 is 0. The molecule has 4 aromatic carbocycles. The molecule has 0 saturated heterocycles. The normalized spacial score (nSPS) is 10.3. The Morgan fingerprint density at radius 1 is 0.406 bits per heavy atom. The maximum absolute atomic E-state index is 5.77. The summed E-state index contributed by atoms with van der Waals surface area (Å²) in [5.41, 5.74) is 5.06. The Morgan fingerprint density at radius 2 is 0.656 bits per heavy atom. The van der Waals surface area contributed by atoms with Crippen LogP contribution in [0.4, 0.5) is 0 Å². The molecule has 0 aliphatic heterocycles. The minimum absolute atomic E-state index is 0.559. The molecular weight excluding hydrogens is 392 g/mol. The van der Waals surface area contributed by atoms with Crippen LogP contribution < -0.4 is 9.47 Å². The summed E-state index contributed by atoms with van der Waals surface area (Å²) in [6.45, 7) is 10.6. The molecule has 0 atom stereocenters. The maximum atomic E-state index is 5.77. The van der Waals surface area contributed by atoms with Crippen molar-refractivity contribution in [1.82, 2.24) is 0 Å². The number of rotatable bonds is 5. The van der Waals surface area contributed by atoms with Crippen LogP contribution in [0.1, 0.15) is 42.0 Å². The highest BCUT2D eigenvalue weighted by Gasteiger charge is 2.00. The Morgan fingerprint density at radius 3 is 0.906 bits per heavy atom. The quantitative estimate of drug-likeness (QED) is 0.318. The number of ether oxygens (including phenoxy) is 2. The van der Waals surface area contributed by atoms with Crippen LogP contribution in [0.25, 0.3) is 0 Å². The smallest absolute Gasteiger partial charge is 0.127 e. The molecule has 0 fully saturated rings. The zero-order chi connectivity index (χ0) is 22.9. The Hall–Kier alpha value is -3.52. The predicted molar refractivity (Wildman–Crippen MR) is 134 cm³/mol. The first-order valence-electron chi connectivity index (χ1n) is 11.0. The van der Waals surface area contributed by atoms with Crippen LogP contribution in [0, 0.1) is 20.8 Å². The second kappa shape index (κ2) is 11.2. The van der Waals surface area contributed by atoms with E-state index in [1.165, 1.54) is 22.3 Å². The summed E-state index contributed by atoms with van der Waals surface area (Å²) in [6, 6.07) is 32.5. The lowest BCUT2D eigenvalue weighted by atomic mass is 10.0. The van der Waals surface area contributed by atoms with E-state index >= 15 is 0 Å².